The molecule has 2 nitrogen and oxygen atoms in total. The molecule has 0 unspecified atom stereocenters. The van der Waals surface area contributed by atoms with Gasteiger partial charge in [-0.2, -0.15) is 0 Å². The molecule has 0 saturated carbocycles. The Morgan fingerprint density at radius 1 is 1.21 bits per heavy atom. The van der Waals surface area contributed by atoms with Crippen LogP contribution in [0, 0.1) is 5.92 Å². The molecular formula is C12H25NO. The summed E-state index contributed by atoms with van der Waals surface area (Å²) < 4.78 is 5.48. The summed E-state index contributed by atoms with van der Waals surface area (Å²) in [7, 11) is 0. The number of piperidine rings is 1. The number of nitrogens with zero attached hydrogens (tertiary/aromatic N) is 1. The van der Waals surface area contributed by atoms with E-state index in [0.717, 1.165) is 19.1 Å². The van der Waals surface area contributed by atoms with Gasteiger partial charge < -0.3 is 4.74 Å². The summed E-state index contributed by atoms with van der Waals surface area (Å²) in [5, 5.41) is 0. The van der Waals surface area contributed by atoms with E-state index in [4.69, 9.17) is 4.74 Å². The van der Waals surface area contributed by atoms with E-state index in [1.54, 1.807) is 0 Å². The van der Waals surface area contributed by atoms with Crippen LogP contribution in [-0.2, 0) is 4.74 Å². The minimum Gasteiger partial charge on any atom is -0.381 e. The van der Waals surface area contributed by atoms with Crippen LogP contribution in [0.3, 0.4) is 0 Å². The normalized spacial score (nSPS) is 21.4. The molecule has 0 bridgehead atoms. The average Bonchev–Trinajstić information content (AvgIpc) is 2.14. The van der Waals surface area contributed by atoms with Crippen molar-refractivity contribution >= 4 is 0 Å². The molecule has 0 N–H and O–H groups in total. The summed E-state index contributed by atoms with van der Waals surface area (Å²) >= 11 is 0. The molecule has 14 heavy (non-hydrogen) atoms. The van der Waals surface area contributed by atoms with Crippen LogP contribution >= 0.6 is 0 Å². The number of hydrogen-bond acceptors (Lipinski definition) is 2. The highest BCUT2D eigenvalue weighted by Crippen LogP contribution is 2.23. The first-order valence-electron chi connectivity index (χ1n) is 5.87. The van der Waals surface area contributed by atoms with Gasteiger partial charge in [0, 0.05) is 18.8 Å². The molecule has 0 aromatic heterocycles. The zero-order valence-electron chi connectivity index (χ0n) is 10.2. The largest absolute Gasteiger partial charge is 0.381 e. The Hall–Kier alpha value is -0.0800. The maximum atomic E-state index is 5.48. The lowest BCUT2D eigenvalue weighted by molar-refractivity contribution is 0.0431. The number of ether oxygens (including phenoxy) is 1. The van der Waals surface area contributed by atoms with Crippen LogP contribution < -0.4 is 0 Å². The molecule has 84 valence electrons. The van der Waals surface area contributed by atoms with E-state index >= 15 is 0 Å². The molecule has 0 amide bonds. The van der Waals surface area contributed by atoms with E-state index in [2.05, 4.69) is 32.6 Å². The molecule has 1 fully saturated rings. The van der Waals surface area contributed by atoms with Crippen molar-refractivity contribution in [2.24, 2.45) is 5.92 Å². The summed E-state index contributed by atoms with van der Waals surface area (Å²) in [6.45, 7) is 13.3. The van der Waals surface area contributed by atoms with Gasteiger partial charge in [-0.15, -0.1) is 0 Å². The predicted octanol–water partition coefficient (Wildman–Crippen LogP) is 2.53. The van der Waals surface area contributed by atoms with Crippen molar-refractivity contribution in [3.05, 3.63) is 0 Å². The average molecular weight is 199 g/mol. The van der Waals surface area contributed by atoms with E-state index in [1.807, 2.05) is 0 Å². The van der Waals surface area contributed by atoms with Gasteiger partial charge >= 0.3 is 0 Å². The molecule has 2 heteroatoms. The molecule has 1 saturated heterocycles. The monoisotopic (exact) mass is 199 g/mol. The van der Waals surface area contributed by atoms with Crippen molar-refractivity contribution < 1.29 is 4.74 Å². The van der Waals surface area contributed by atoms with Crippen LogP contribution in [0.15, 0.2) is 0 Å². The van der Waals surface area contributed by atoms with Gasteiger partial charge in [-0.05, 0) is 59.5 Å². The molecule has 0 spiro atoms. The topological polar surface area (TPSA) is 12.5 Å². The molecular weight excluding hydrogens is 174 g/mol. The standard InChI is InChI=1S/C12H25NO/c1-5-14-10-11-6-8-13(9-7-11)12(2,3)4/h11H,5-10H2,1-4H3. The van der Waals surface area contributed by atoms with Crippen molar-refractivity contribution in [3.8, 4) is 0 Å². The molecule has 0 aromatic rings. The summed E-state index contributed by atoms with van der Waals surface area (Å²) in [6, 6.07) is 0. The Morgan fingerprint density at radius 2 is 1.79 bits per heavy atom. The number of hydrogen-bond donors (Lipinski definition) is 0. The van der Waals surface area contributed by atoms with E-state index in [1.165, 1.54) is 25.9 Å². The fourth-order valence-corrected chi connectivity index (χ4v) is 2.05. The van der Waals surface area contributed by atoms with E-state index in [-0.39, 0.29) is 0 Å². The number of rotatable bonds is 3. The maximum Gasteiger partial charge on any atom is 0.0495 e. The van der Waals surface area contributed by atoms with Gasteiger partial charge in [0.1, 0.15) is 0 Å². The zero-order valence-corrected chi connectivity index (χ0v) is 10.2. The second-order valence-electron chi connectivity index (χ2n) is 5.26. The lowest BCUT2D eigenvalue weighted by atomic mass is 9.94. The minimum absolute atomic E-state index is 0.344. The van der Waals surface area contributed by atoms with Crippen molar-refractivity contribution in [2.45, 2.75) is 46.1 Å². The fourth-order valence-electron chi connectivity index (χ4n) is 2.05. The first-order valence-corrected chi connectivity index (χ1v) is 5.87. The van der Waals surface area contributed by atoms with E-state index in [0.29, 0.717) is 5.54 Å². The van der Waals surface area contributed by atoms with Crippen molar-refractivity contribution in [1.82, 2.24) is 4.90 Å². The van der Waals surface area contributed by atoms with Crippen LogP contribution in [0.25, 0.3) is 0 Å². The van der Waals surface area contributed by atoms with Gasteiger partial charge in [0.05, 0.1) is 0 Å². The van der Waals surface area contributed by atoms with Crippen LogP contribution in [0.5, 0.6) is 0 Å². The summed E-state index contributed by atoms with van der Waals surface area (Å²) in [4.78, 5) is 2.58. The smallest absolute Gasteiger partial charge is 0.0495 e. The van der Waals surface area contributed by atoms with Gasteiger partial charge in [0.25, 0.3) is 0 Å². The molecule has 1 heterocycles. The van der Waals surface area contributed by atoms with Crippen molar-refractivity contribution in [2.75, 3.05) is 26.3 Å². The van der Waals surface area contributed by atoms with Gasteiger partial charge in [-0.25, -0.2) is 0 Å². The highest BCUT2D eigenvalue weighted by molar-refractivity contribution is 4.81. The minimum atomic E-state index is 0.344. The molecule has 0 aromatic carbocycles. The Labute approximate surface area is 88.6 Å². The van der Waals surface area contributed by atoms with Crippen LogP contribution in [0.4, 0.5) is 0 Å². The third-order valence-electron chi connectivity index (χ3n) is 3.12. The van der Waals surface area contributed by atoms with E-state index < -0.39 is 0 Å². The molecule has 0 aliphatic carbocycles. The van der Waals surface area contributed by atoms with Gasteiger partial charge in [-0.3, -0.25) is 4.90 Å². The Kier molecular flexibility index (Phi) is 4.39. The second kappa shape index (κ2) is 5.13. The Balaban J connectivity index is 2.24. The van der Waals surface area contributed by atoms with E-state index in [9.17, 15) is 0 Å². The highest BCUT2D eigenvalue weighted by atomic mass is 16.5. The summed E-state index contributed by atoms with van der Waals surface area (Å²) in [5.74, 6) is 0.800. The van der Waals surface area contributed by atoms with Gasteiger partial charge in [0.15, 0.2) is 0 Å². The quantitative estimate of drug-likeness (QED) is 0.692. The number of likely N-dealkylation sites (tertiary alicyclic amines) is 1. The zero-order chi connectivity index (χ0) is 10.6. The first kappa shape index (κ1) is 12.0. The Morgan fingerprint density at radius 3 is 2.21 bits per heavy atom. The first-order chi connectivity index (χ1) is 6.54. The van der Waals surface area contributed by atoms with Crippen LogP contribution in [-0.4, -0.2) is 36.7 Å². The van der Waals surface area contributed by atoms with Crippen LogP contribution in [0.1, 0.15) is 40.5 Å². The van der Waals surface area contributed by atoms with Crippen LogP contribution in [0.2, 0.25) is 0 Å². The molecule has 1 aliphatic rings. The summed E-state index contributed by atoms with van der Waals surface area (Å²) in [5.41, 5.74) is 0.344. The highest BCUT2D eigenvalue weighted by Gasteiger charge is 2.26. The van der Waals surface area contributed by atoms with Crippen molar-refractivity contribution in [1.29, 1.82) is 0 Å². The van der Waals surface area contributed by atoms with Gasteiger partial charge in [0.2, 0.25) is 0 Å². The van der Waals surface area contributed by atoms with Crippen molar-refractivity contribution in [3.63, 3.8) is 0 Å². The molecule has 0 atom stereocenters. The Bertz CT molecular complexity index is 154. The van der Waals surface area contributed by atoms with Gasteiger partial charge in [-0.1, -0.05) is 0 Å². The lowest BCUT2D eigenvalue weighted by Gasteiger charge is -2.40. The molecule has 1 aliphatic heterocycles. The SMILES string of the molecule is CCOCC1CCN(C(C)(C)C)CC1. The summed E-state index contributed by atoms with van der Waals surface area (Å²) in [6.07, 6.45) is 2.61. The third kappa shape index (κ3) is 3.58. The maximum absolute atomic E-state index is 5.48. The molecule has 1 rings (SSSR count). The third-order valence-corrected chi connectivity index (χ3v) is 3.12. The fraction of sp³-hybridized carbons (Fsp3) is 1.00. The second-order valence-corrected chi connectivity index (χ2v) is 5.26. The lowest BCUT2D eigenvalue weighted by Crippen LogP contribution is -2.46. The predicted molar refractivity (Wildman–Crippen MR) is 60.5 cm³/mol. The molecule has 0 radical (unpaired) electrons.